The summed E-state index contributed by atoms with van der Waals surface area (Å²) >= 11 is 1.13. The fourth-order valence-electron chi connectivity index (χ4n) is 8.55. The van der Waals surface area contributed by atoms with Crippen molar-refractivity contribution in [2.24, 2.45) is 35.3 Å². The van der Waals surface area contributed by atoms with Gasteiger partial charge in [0, 0.05) is 55.4 Å². The Kier molecular flexibility index (Phi) is 17.0. The lowest BCUT2D eigenvalue weighted by Gasteiger charge is -2.33. The number of aliphatic hydroxyl groups excluding tert-OH is 1. The number of aliphatic hydroxyl groups is 1. The molecule has 3 aliphatic rings. The SMILES string of the molecule is CC[C@H](C)[C@H](C)[C@H]1NC(=O)C2C[C@@H](O)CN2C(=O)[C@H](CC(N)=O)CC(=O)[C@@H]2CSc3[nH]c4cc(OC)ccc4c3C[C@H](CC1=O)C(=O)NCC(=O)N[C@@H]([C@@H](C)CC)C(=O)NCC(=O)N2. The number of hydrogen-bond acceptors (Lipinski definition) is 12. The molecule has 19 nitrogen and oxygen atoms in total. The zero-order chi connectivity index (χ0) is 47.0. The van der Waals surface area contributed by atoms with Gasteiger partial charge in [-0.15, -0.1) is 11.8 Å². The highest BCUT2D eigenvalue weighted by Gasteiger charge is 2.44. The molecule has 1 aromatic carbocycles. The number of Topliss-reactive ketones (excluding diaryl/α,β-unsaturated/α-hetero) is 2. The van der Waals surface area contributed by atoms with E-state index in [1.807, 2.05) is 20.8 Å². The second-order valence-electron chi connectivity index (χ2n) is 17.4. The second-order valence-corrected chi connectivity index (χ2v) is 18.4. The number of nitrogens with zero attached hydrogens (tertiary/aromatic N) is 1. The lowest BCUT2D eigenvalue weighted by molar-refractivity contribution is -0.145. The summed E-state index contributed by atoms with van der Waals surface area (Å²) < 4.78 is 5.47. The molecule has 1 saturated heterocycles. The molecular weight excluding hydrogens is 849 g/mol. The van der Waals surface area contributed by atoms with E-state index in [-0.39, 0.29) is 31.1 Å². The molecule has 4 heterocycles. The molecule has 350 valence electrons. The highest BCUT2D eigenvalue weighted by atomic mass is 32.2. The van der Waals surface area contributed by atoms with Crippen LogP contribution in [0.25, 0.3) is 10.9 Å². The van der Waals surface area contributed by atoms with E-state index in [0.29, 0.717) is 40.1 Å². The summed E-state index contributed by atoms with van der Waals surface area (Å²) in [6.07, 6.45) is -1.93. The van der Waals surface area contributed by atoms with Crippen LogP contribution in [-0.4, -0.2) is 131 Å². The number of hydrogen-bond donors (Lipinski definition) is 8. The Morgan fingerprint density at radius 2 is 1.56 bits per heavy atom. The van der Waals surface area contributed by atoms with E-state index in [4.69, 9.17) is 10.5 Å². The first kappa shape index (κ1) is 49.5. The quantitative estimate of drug-likeness (QED) is 0.177. The molecule has 0 spiro atoms. The van der Waals surface area contributed by atoms with Crippen LogP contribution in [0.15, 0.2) is 23.2 Å². The number of fused-ring (bicyclic) bond motifs is 5. The number of carbonyl (C=O) groups is 9. The maximum atomic E-state index is 14.8. The second kappa shape index (κ2) is 21.9. The highest BCUT2D eigenvalue weighted by Crippen LogP contribution is 2.36. The van der Waals surface area contributed by atoms with Crippen LogP contribution in [0.4, 0.5) is 0 Å². The average Bonchev–Trinajstić information content (AvgIpc) is 3.83. The molecule has 10 atom stereocenters. The van der Waals surface area contributed by atoms with Gasteiger partial charge in [-0.05, 0) is 41.9 Å². The molecule has 5 rings (SSSR count). The van der Waals surface area contributed by atoms with E-state index in [1.165, 1.54) is 7.11 Å². The van der Waals surface area contributed by atoms with Crippen LogP contribution in [0.3, 0.4) is 0 Å². The van der Waals surface area contributed by atoms with E-state index in [1.54, 1.807) is 32.0 Å². The van der Waals surface area contributed by atoms with Gasteiger partial charge < -0.3 is 52.0 Å². The molecule has 7 amide bonds. The molecule has 64 heavy (non-hydrogen) atoms. The summed E-state index contributed by atoms with van der Waals surface area (Å²) in [5.41, 5.74) is 6.78. The first-order chi connectivity index (χ1) is 30.3. The van der Waals surface area contributed by atoms with Crippen LogP contribution >= 0.6 is 11.8 Å². The van der Waals surface area contributed by atoms with Gasteiger partial charge in [-0.1, -0.05) is 47.5 Å². The largest absolute Gasteiger partial charge is 0.497 e. The fourth-order valence-corrected chi connectivity index (χ4v) is 9.70. The van der Waals surface area contributed by atoms with E-state index in [0.717, 1.165) is 16.7 Å². The van der Waals surface area contributed by atoms with Crippen molar-refractivity contribution in [3.05, 3.63) is 23.8 Å². The zero-order valence-corrected chi connectivity index (χ0v) is 38.1. The first-order valence-corrected chi connectivity index (χ1v) is 22.9. The molecule has 20 heteroatoms. The van der Waals surface area contributed by atoms with E-state index in [9.17, 15) is 48.3 Å². The van der Waals surface area contributed by atoms with Crippen LogP contribution in [0, 0.1) is 29.6 Å². The maximum absolute atomic E-state index is 14.8. The van der Waals surface area contributed by atoms with Crippen LogP contribution < -0.4 is 37.1 Å². The van der Waals surface area contributed by atoms with Gasteiger partial charge in [0.2, 0.25) is 41.4 Å². The monoisotopic (exact) mass is 910 g/mol. The van der Waals surface area contributed by atoms with Gasteiger partial charge in [0.15, 0.2) is 11.6 Å². The van der Waals surface area contributed by atoms with Crippen molar-refractivity contribution in [2.45, 2.75) is 115 Å². The Balaban J connectivity index is 1.71. The Hall–Kier alpha value is -5.50. The number of ketones is 2. The number of nitrogens with one attached hydrogen (secondary N) is 6. The van der Waals surface area contributed by atoms with E-state index in [2.05, 4.69) is 31.6 Å². The lowest BCUT2D eigenvalue weighted by Crippen LogP contribution is -2.56. The predicted molar refractivity (Wildman–Crippen MR) is 235 cm³/mol. The highest BCUT2D eigenvalue weighted by molar-refractivity contribution is 7.99. The lowest BCUT2D eigenvalue weighted by atomic mass is 9.81. The third-order valence-corrected chi connectivity index (χ3v) is 14.1. The Labute approximate surface area is 376 Å². The Morgan fingerprint density at radius 3 is 2.22 bits per heavy atom. The number of methoxy groups -OCH3 is 1. The molecule has 9 N–H and O–H groups in total. The van der Waals surface area contributed by atoms with Crippen molar-refractivity contribution in [2.75, 3.05) is 32.5 Å². The molecule has 1 aromatic heterocycles. The van der Waals surface area contributed by atoms with E-state index < -0.39 is 139 Å². The summed E-state index contributed by atoms with van der Waals surface area (Å²) in [5, 5.41) is 25.3. The molecule has 3 aliphatic heterocycles. The predicted octanol–water partition coefficient (Wildman–Crippen LogP) is 0.241. The molecule has 0 radical (unpaired) electrons. The number of aromatic nitrogens is 1. The van der Waals surface area contributed by atoms with Crippen LogP contribution in [0.1, 0.15) is 78.7 Å². The standard InChI is InChI=1S/C44H62N8O11S/c1-7-21(3)23(5)39-34(55)12-24-11-29-28-10-9-27(63-6)16-30(28)49-43(29)64-20-31(48-36(57)17-47-42(61)38(22(4)8-2)50-37(58)18-46-40(24)59)33(54)13-25(14-35(45)56)44(62)52-19-26(53)15-32(52)41(60)51-39/h9-10,16,21-26,31-32,38-39,49,53H,7-8,11-15,17-20H2,1-6H3,(H2,45,56)(H,46,59)(H,47,61)(H,48,57)(H,50,58)(H,51,60)/t21-,22-,23-,24+,25-,26+,31-,32?,38-,39+/m0/s1. The molecule has 1 unspecified atom stereocenters. The molecular formula is C44H62N8O11S. The van der Waals surface area contributed by atoms with Gasteiger partial charge in [0.05, 0.1) is 54.8 Å². The van der Waals surface area contributed by atoms with Crippen molar-refractivity contribution >= 4 is 75.6 Å². The van der Waals surface area contributed by atoms with Crippen LogP contribution in [-0.2, 0) is 49.6 Å². The van der Waals surface area contributed by atoms with Gasteiger partial charge in [-0.25, -0.2) is 0 Å². The third-order valence-electron chi connectivity index (χ3n) is 12.9. The van der Waals surface area contributed by atoms with Crippen LogP contribution in [0.5, 0.6) is 5.75 Å². The third kappa shape index (κ3) is 12.0. The van der Waals surface area contributed by atoms with E-state index >= 15 is 0 Å². The Bertz CT molecular complexity index is 2130. The van der Waals surface area contributed by atoms with Crippen molar-refractivity contribution in [3.8, 4) is 5.75 Å². The first-order valence-electron chi connectivity index (χ1n) is 21.9. The van der Waals surface area contributed by atoms with Gasteiger partial charge >= 0.3 is 0 Å². The minimum atomic E-state index is -1.40. The molecule has 0 aliphatic carbocycles. The van der Waals surface area contributed by atoms with Crippen molar-refractivity contribution in [3.63, 3.8) is 0 Å². The van der Waals surface area contributed by atoms with Crippen molar-refractivity contribution in [1.29, 1.82) is 0 Å². The average molecular weight is 911 g/mol. The maximum Gasteiger partial charge on any atom is 0.243 e. The number of rotatable bonds is 8. The number of primary amides is 1. The summed E-state index contributed by atoms with van der Waals surface area (Å²) in [4.78, 5) is 130. The summed E-state index contributed by atoms with van der Waals surface area (Å²) in [5.74, 6) is -9.56. The summed E-state index contributed by atoms with van der Waals surface area (Å²) in [7, 11) is 1.50. The number of H-pyrrole nitrogens is 1. The van der Waals surface area contributed by atoms with Crippen LogP contribution in [0.2, 0.25) is 0 Å². The number of benzene rings is 1. The Morgan fingerprint density at radius 1 is 0.875 bits per heavy atom. The number of carbonyl (C=O) groups excluding carboxylic acids is 9. The smallest absolute Gasteiger partial charge is 0.243 e. The molecule has 1 fully saturated rings. The van der Waals surface area contributed by atoms with Gasteiger partial charge in [0.1, 0.15) is 17.8 Å². The topological polar surface area (TPSA) is 288 Å². The summed E-state index contributed by atoms with van der Waals surface area (Å²) in [6, 6.07) is 0.343. The van der Waals surface area contributed by atoms with Crippen molar-refractivity contribution in [1.82, 2.24) is 36.5 Å². The van der Waals surface area contributed by atoms with Gasteiger partial charge in [-0.2, -0.15) is 0 Å². The van der Waals surface area contributed by atoms with Gasteiger partial charge in [-0.3, -0.25) is 43.2 Å². The minimum Gasteiger partial charge on any atom is -0.497 e. The van der Waals surface area contributed by atoms with Gasteiger partial charge in [0.25, 0.3) is 0 Å². The summed E-state index contributed by atoms with van der Waals surface area (Å²) in [6.45, 7) is 7.76. The molecule has 0 saturated carbocycles. The zero-order valence-electron chi connectivity index (χ0n) is 37.2. The fraction of sp³-hybridized carbons (Fsp3) is 0.614. The van der Waals surface area contributed by atoms with Crippen molar-refractivity contribution < 1.29 is 53.0 Å². The number of amides is 7. The number of thioether (sulfide) groups is 1. The minimum absolute atomic E-state index is 0.0626. The number of nitrogens with two attached hydrogens (primary N) is 1. The molecule has 2 aromatic rings. The number of ether oxygens (including phenoxy) is 1. The number of aromatic amines is 1. The molecule has 2 bridgehead atoms. The normalized spacial score (nSPS) is 27.5.